The minimum absolute atomic E-state index is 0.0616. The average Bonchev–Trinajstić information content (AvgIpc) is 2.93. The molecule has 3 aromatic rings. The van der Waals surface area contributed by atoms with Crippen molar-refractivity contribution < 1.29 is 13.6 Å². The standard InChI is InChI=1S/C12H10ClN5O3S/c1-17(19)8-4-2-3-5-9(8)22(20,21)18-7-16-10-11(13)14-6-15-12(10)18/h2-7,19H,1H3. The number of hydrogen-bond acceptors (Lipinski definition) is 7. The van der Waals surface area contributed by atoms with Crippen LogP contribution < -0.4 is 5.06 Å². The summed E-state index contributed by atoms with van der Waals surface area (Å²) in [5.74, 6) is 0. The van der Waals surface area contributed by atoms with Crippen LogP contribution in [0.4, 0.5) is 5.69 Å². The molecule has 0 aliphatic rings. The first-order chi connectivity index (χ1) is 10.4. The highest BCUT2D eigenvalue weighted by atomic mass is 35.5. The molecular formula is C12H10ClN5O3S. The fourth-order valence-electron chi connectivity index (χ4n) is 2.01. The summed E-state index contributed by atoms with van der Waals surface area (Å²) in [6, 6.07) is 6.03. The summed E-state index contributed by atoms with van der Waals surface area (Å²) in [7, 11) is -2.68. The molecule has 0 fully saturated rings. The minimum atomic E-state index is -4.01. The number of hydrogen-bond donors (Lipinski definition) is 1. The zero-order chi connectivity index (χ0) is 15.9. The van der Waals surface area contributed by atoms with Crippen LogP contribution in [0.15, 0.2) is 41.8 Å². The number of anilines is 1. The lowest BCUT2D eigenvalue weighted by Crippen LogP contribution is -2.18. The number of aromatic nitrogens is 4. The van der Waals surface area contributed by atoms with Crippen LogP contribution in [0.3, 0.4) is 0 Å². The lowest BCUT2D eigenvalue weighted by Gasteiger charge is -2.15. The Morgan fingerprint density at radius 2 is 1.95 bits per heavy atom. The van der Waals surface area contributed by atoms with Crippen molar-refractivity contribution in [1.82, 2.24) is 18.9 Å². The molecule has 2 heterocycles. The van der Waals surface area contributed by atoms with E-state index in [1.807, 2.05) is 0 Å². The van der Waals surface area contributed by atoms with E-state index in [1.54, 1.807) is 12.1 Å². The van der Waals surface area contributed by atoms with E-state index in [0.29, 0.717) is 0 Å². The molecule has 0 aliphatic heterocycles. The van der Waals surface area contributed by atoms with Gasteiger partial charge in [-0.2, -0.15) is 0 Å². The fourth-order valence-corrected chi connectivity index (χ4v) is 3.65. The summed E-state index contributed by atoms with van der Waals surface area (Å²) in [6.45, 7) is 0. The van der Waals surface area contributed by atoms with E-state index in [4.69, 9.17) is 11.6 Å². The van der Waals surface area contributed by atoms with Gasteiger partial charge in [-0.1, -0.05) is 23.7 Å². The van der Waals surface area contributed by atoms with Gasteiger partial charge in [-0.25, -0.2) is 27.3 Å². The van der Waals surface area contributed by atoms with Crippen LogP contribution in [0.2, 0.25) is 5.15 Å². The van der Waals surface area contributed by atoms with Gasteiger partial charge in [-0.05, 0) is 12.1 Å². The van der Waals surface area contributed by atoms with E-state index in [2.05, 4.69) is 15.0 Å². The van der Waals surface area contributed by atoms with Crippen molar-refractivity contribution in [3.05, 3.63) is 42.1 Å². The second-order valence-corrected chi connectivity index (χ2v) is 6.51. The number of para-hydroxylation sites is 1. The molecule has 0 amide bonds. The molecule has 0 aliphatic carbocycles. The fraction of sp³-hybridized carbons (Fsp3) is 0.0833. The van der Waals surface area contributed by atoms with Crippen LogP contribution in [0.25, 0.3) is 11.2 Å². The normalized spacial score (nSPS) is 11.8. The van der Waals surface area contributed by atoms with E-state index in [1.165, 1.54) is 19.2 Å². The molecule has 8 nitrogen and oxygen atoms in total. The second-order valence-electron chi connectivity index (χ2n) is 4.37. The molecule has 0 bridgehead atoms. The third kappa shape index (κ3) is 2.19. The van der Waals surface area contributed by atoms with Crippen LogP contribution >= 0.6 is 11.6 Å². The molecule has 0 spiro atoms. The van der Waals surface area contributed by atoms with Crippen LogP contribution in [0.1, 0.15) is 0 Å². The van der Waals surface area contributed by atoms with E-state index in [0.717, 1.165) is 21.7 Å². The largest absolute Gasteiger partial charge is 0.289 e. The molecule has 0 radical (unpaired) electrons. The molecule has 10 heteroatoms. The van der Waals surface area contributed by atoms with Gasteiger partial charge in [-0.15, -0.1) is 0 Å². The Balaban J connectivity index is 2.28. The maximum Gasteiger partial charge on any atom is 0.272 e. The Labute approximate surface area is 130 Å². The maximum absolute atomic E-state index is 12.8. The molecule has 3 rings (SSSR count). The summed E-state index contributed by atoms with van der Waals surface area (Å²) in [6.07, 6.45) is 2.26. The predicted octanol–water partition coefficient (Wildman–Crippen LogP) is 1.54. The van der Waals surface area contributed by atoms with Crippen molar-refractivity contribution in [3.63, 3.8) is 0 Å². The van der Waals surface area contributed by atoms with Gasteiger partial charge in [0.2, 0.25) is 0 Å². The monoisotopic (exact) mass is 339 g/mol. The molecule has 0 saturated carbocycles. The highest BCUT2D eigenvalue weighted by Crippen LogP contribution is 2.27. The molecule has 114 valence electrons. The van der Waals surface area contributed by atoms with Crippen LogP contribution in [0, 0.1) is 0 Å². The summed E-state index contributed by atoms with van der Waals surface area (Å²) in [4.78, 5) is 11.5. The molecule has 0 unspecified atom stereocenters. The smallest absolute Gasteiger partial charge is 0.272 e. The van der Waals surface area contributed by atoms with Crippen molar-refractivity contribution in [2.24, 2.45) is 0 Å². The summed E-state index contributed by atoms with van der Waals surface area (Å²) >= 11 is 5.88. The number of imidazole rings is 1. The quantitative estimate of drug-likeness (QED) is 0.570. The van der Waals surface area contributed by atoms with Crippen LogP contribution in [-0.2, 0) is 10.0 Å². The number of nitrogens with zero attached hydrogens (tertiary/aromatic N) is 5. The zero-order valence-electron chi connectivity index (χ0n) is 11.3. The molecule has 1 N–H and O–H groups in total. The molecule has 0 atom stereocenters. The van der Waals surface area contributed by atoms with Crippen LogP contribution in [0.5, 0.6) is 0 Å². The second kappa shape index (κ2) is 5.20. The highest BCUT2D eigenvalue weighted by Gasteiger charge is 2.25. The van der Waals surface area contributed by atoms with E-state index in [-0.39, 0.29) is 26.9 Å². The van der Waals surface area contributed by atoms with Gasteiger partial charge < -0.3 is 0 Å². The Bertz CT molecular complexity index is 954. The first-order valence-corrected chi connectivity index (χ1v) is 7.85. The lowest BCUT2D eigenvalue weighted by molar-refractivity contribution is 0.277. The topological polar surface area (TPSA) is 101 Å². The van der Waals surface area contributed by atoms with E-state index < -0.39 is 10.0 Å². The Morgan fingerprint density at radius 3 is 2.68 bits per heavy atom. The van der Waals surface area contributed by atoms with Gasteiger partial charge in [0.05, 0.1) is 5.69 Å². The minimum Gasteiger partial charge on any atom is -0.289 e. The van der Waals surface area contributed by atoms with Gasteiger partial charge in [0.15, 0.2) is 10.8 Å². The van der Waals surface area contributed by atoms with E-state index >= 15 is 0 Å². The number of benzene rings is 1. The van der Waals surface area contributed by atoms with Gasteiger partial charge in [0, 0.05) is 7.05 Å². The van der Waals surface area contributed by atoms with Crippen LogP contribution in [-0.4, -0.2) is 39.6 Å². The third-order valence-electron chi connectivity index (χ3n) is 3.01. The van der Waals surface area contributed by atoms with Gasteiger partial charge in [-0.3, -0.25) is 10.3 Å². The van der Waals surface area contributed by atoms with Crippen molar-refractivity contribution in [2.45, 2.75) is 4.90 Å². The molecule has 1 aromatic carbocycles. The Kier molecular flexibility index (Phi) is 3.47. The van der Waals surface area contributed by atoms with Gasteiger partial charge >= 0.3 is 0 Å². The lowest BCUT2D eigenvalue weighted by atomic mass is 10.3. The number of halogens is 1. The Hall–Kier alpha value is -2.23. The summed E-state index contributed by atoms with van der Waals surface area (Å²) < 4.78 is 26.6. The molecule has 2 aromatic heterocycles. The summed E-state index contributed by atoms with van der Waals surface area (Å²) in [5, 5.41) is 10.4. The average molecular weight is 340 g/mol. The maximum atomic E-state index is 12.8. The molecular weight excluding hydrogens is 330 g/mol. The number of rotatable bonds is 3. The SMILES string of the molecule is CN(O)c1ccccc1S(=O)(=O)n1cnc2c(Cl)ncnc21. The first-order valence-electron chi connectivity index (χ1n) is 6.03. The van der Waals surface area contributed by atoms with E-state index in [9.17, 15) is 13.6 Å². The van der Waals surface area contributed by atoms with Gasteiger partial charge in [0.25, 0.3) is 10.0 Å². The molecule has 0 saturated heterocycles. The third-order valence-corrected chi connectivity index (χ3v) is 4.97. The number of fused-ring (bicyclic) bond motifs is 1. The first kappa shape index (κ1) is 14.7. The zero-order valence-corrected chi connectivity index (χ0v) is 12.8. The predicted molar refractivity (Wildman–Crippen MR) is 79.5 cm³/mol. The van der Waals surface area contributed by atoms with Gasteiger partial charge in [0.1, 0.15) is 23.1 Å². The Morgan fingerprint density at radius 1 is 1.23 bits per heavy atom. The molecule has 22 heavy (non-hydrogen) atoms. The van der Waals surface area contributed by atoms with Crippen molar-refractivity contribution in [2.75, 3.05) is 12.1 Å². The number of hydroxylamine groups is 1. The van der Waals surface area contributed by atoms with Crippen molar-refractivity contribution >= 4 is 38.5 Å². The highest BCUT2D eigenvalue weighted by molar-refractivity contribution is 7.90. The summed E-state index contributed by atoms with van der Waals surface area (Å²) in [5.41, 5.74) is 0.377. The van der Waals surface area contributed by atoms with Crippen molar-refractivity contribution in [3.8, 4) is 0 Å². The van der Waals surface area contributed by atoms with Crippen molar-refractivity contribution in [1.29, 1.82) is 0 Å².